The number of carbonyl (C=O) groups is 1. The normalized spacial score (nSPS) is 16.6. The molecule has 0 N–H and O–H groups in total. The van der Waals surface area contributed by atoms with E-state index < -0.39 is 0 Å². The molecule has 108 valence electrons. The number of carbonyl (C=O) groups excluding carboxylic acids is 1. The number of halogens is 1. The fourth-order valence-corrected chi connectivity index (χ4v) is 2.48. The fourth-order valence-electron chi connectivity index (χ4n) is 1.92. The Morgan fingerprint density at radius 2 is 2.14 bits per heavy atom. The van der Waals surface area contributed by atoms with Gasteiger partial charge in [0.2, 0.25) is 0 Å². The molecule has 1 aliphatic heterocycles. The highest BCUT2D eigenvalue weighted by Gasteiger charge is 2.32. The first-order chi connectivity index (χ1) is 9.95. The van der Waals surface area contributed by atoms with Crippen LogP contribution in [-0.2, 0) is 4.79 Å². The highest BCUT2D eigenvalue weighted by Crippen LogP contribution is 2.28. The van der Waals surface area contributed by atoms with Gasteiger partial charge in [0, 0.05) is 24.1 Å². The van der Waals surface area contributed by atoms with Crippen molar-refractivity contribution >= 4 is 45.2 Å². The summed E-state index contributed by atoms with van der Waals surface area (Å²) in [4.78, 5) is 15.3. The quantitative estimate of drug-likeness (QED) is 0.468. The molecule has 0 bridgehead atoms. The van der Waals surface area contributed by atoms with E-state index in [9.17, 15) is 4.79 Å². The monoisotopic (exact) mass is 364 g/mol. The molecule has 1 heterocycles. The van der Waals surface area contributed by atoms with Crippen LogP contribution in [0.4, 0.5) is 0 Å². The molecule has 0 unspecified atom stereocenters. The number of rotatable bonds is 3. The van der Waals surface area contributed by atoms with Crippen LogP contribution in [0.15, 0.2) is 28.4 Å². The number of thiocarbonyl (C=S) groups is 1. The number of ether oxygens (including phenoxy) is 1. The topological polar surface area (TPSA) is 32.8 Å². The molecule has 1 aliphatic rings. The molecular weight excluding hydrogens is 352 g/mol. The van der Waals surface area contributed by atoms with Crippen LogP contribution in [0.5, 0.6) is 5.75 Å². The maximum atomic E-state index is 12.2. The minimum atomic E-state index is -0.148. The Hall–Kier alpha value is -1.84. The van der Waals surface area contributed by atoms with Crippen molar-refractivity contribution in [2.45, 2.75) is 0 Å². The zero-order valence-electron chi connectivity index (χ0n) is 11.6. The molecule has 2 rings (SSSR count). The van der Waals surface area contributed by atoms with Gasteiger partial charge in [0.05, 0.1) is 0 Å². The van der Waals surface area contributed by atoms with E-state index >= 15 is 0 Å². The molecule has 0 aliphatic carbocycles. The maximum absolute atomic E-state index is 12.2. The molecule has 0 atom stereocenters. The molecule has 0 spiro atoms. The number of benzene rings is 1. The van der Waals surface area contributed by atoms with Crippen molar-refractivity contribution in [1.82, 2.24) is 9.80 Å². The summed E-state index contributed by atoms with van der Waals surface area (Å²) < 4.78 is 6.38. The number of nitrogens with zero attached hydrogens (tertiary/aromatic N) is 2. The lowest BCUT2D eigenvalue weighted by molar-refractivity contribution is -0.121. The second-order valence-corrected chi connectivity index (χ2v) is 5.69. The van der Waals surface area contributed by atoms with E-state index in [0.29, 0.717) is 16.6 Å². The number of terminal acetylenes is 1. The summed E-state index contributed by atoms with van der Waals surface area (Å²) in [6, 6.07) is 5.52. The zero-order valence-corrected chi connectivity index (χ0v) is 14.0. The molecular formula is C15H13BrN2O2S. The van der Waals surface area contributed by atoms with Gasteiger partial charge in [-0.1, -0.05) is 21.9 Å². The first kappa shape index (κ1) is 15.5. The van der Waals surface area contributed by atoms with E-state index in [4.69, 9.17) is 23.4 Å². The molecule has 6 heteroatoms. The van der Waals surface area contributed by atoms with Crippen molar-refractivity contribution in [2.24, 2.45) is 0 Å². The van der Waals surface area contributed by atoms with E-state index in [0.717, 1.165) is 10.0 Å². The van der Waals surface area contributed by atoms with Crippen molar-refractivity contribution in [3.8, 4) is 18.1 Å². The molecule has 0 radical (unpaired) electrons. The van der Waals surface area contributed by atoms with Crippen LogP contribution in [-0.4, -0.2) is 41.5 Å². The van der Waals surface area contributed by atoms with Gasteiger partial charge in [0.1, 0.15) is 18.1 Å². The summed E-state index contributed by atoms with van der Waals surface area (Å²) in [5, 5.41) is 0.465. The van der Waals surface area contributed by atoms with Crippen LogP contribution in [0.2, 0.25) is 0 Å². The number of hydrogen-bond donors (Lipinski definition) is 0. The van der Waals surface area contributed by atoms with Crippen molar-refractivity contribution in [1.29, 1.82) is 0 Å². The third-order valence-electron chi connectivity index (χ3n) is 3.03. The van der Waals surface area contributed by atoms with E-state index in [2.05, 4.69) is 21.9 Å². The Bertz CT molecular complexity index is 679. The number of amides is 1. The fraction of sp³-hybridized carbons (Fsp3) is 0.200. The Labute approximate surface area is 137 Å². The van der Waals surface area contributed by atoms with Crippen molar-refractivity contribution in [3.63, 3.8) is 0 Å². The van der Waals surface area contributed by atoms with E-state index in [1.54, 1.807) is 31.1 Å². The number of hydrogen-bond acceptors (Lipinski definition) is 3. The molecule has 1 amide bonds. The van der Waals surface area contributed by atoms with E-state index in [-0.39, 0.29) is 12.5 Å². The van der Waals surface area contributed by atoms with Crippen LogP contribution >= 0.6 is 28.1 Å². The average molecular weight is 365 g/mol. The van der Waals surface area contributed by atoms with Gasteiger partial charge in [-0.3, -0.25) is 9.69 Å². The highest BCUT2D eigenvalue weighted by molar-refractivity contribution is 9.10. The third kappa shape index (κ3) is 3.09. The molecule has 21 heavy (non-hydrogen) atoms. The van der Waals surface area contributed by atoms with E-state index in [1.165, 1.54) is 4.90 Å². The summed E-state index contributed by atoms with van der Waals surface area (Å²) in [5.74, 6) is 2.89. The Morgan fingerprint density at radius 3 is 2.71 bits per heavy atom. The summed E-state index contributed by atoms with van der Waals surface area (Å²) in [6.07, 6.45) is 6.96. The Balaban J connectivity index is 2.45. The summed E-state index contributed by atoms with van der Waals surface area (Å²) in [7, 11) is 3.41. The van der Waals surface area contributed by atoms with Gasteiger partial charge in [-0.05, 0) is 36.5 Å². The highest BCUT2D eigenvalue weighted by atomic mass is 79.9. The third-order valence-corrected chi connectivity index (χ3v) is 4.08. The summed E-state index contributed by atoms with van der Waals surface area (Å²) >= 11 is 8.59. The smallest absolute Gasteiger partial charge is 0.276 e. The van der Waals surface area contributed by atoms with Gasteiger partial charge in [-0.2, -0.15) is 0 Å². The zero-order chi connectivity index (χ0) is 15.6. The molecule has 4 nitrogen and oxygen atoms in total. The molecule has 0 aromatic heterocycles. The Kier molecular flexibility index (Phi) is 4.66. The van der Waals surface area contributed by atoms with Crippen molar-refractivity contribution in [3.05, 3.63) is 33.9 Å². The minimum absolute atomic E-state index is 0.148. The second kappa shape index (κ2) is 6.29. The lowest BCUT2D eigenvalue weighted by atomic mass is 10.1. The van der Waals surface area contributed by atoms with Gasteiger partial charge in [-0.15, -0.1) is 6.42 Å². The predicted octanol–water partition coefficient (Wildman–Crippen LogP) is 2.49. The van der Waals surface area contributed by atoms with Gasteiger partial charge in [0.15, 0.2) is 5.11 Å². The van der Waals surface area contributed by atoms with Gasteiger partial charge in [-0.25, -0.2) is 0 Å². The predicted molar refractivity (Wildman–Crippen MR) is 89.6 cm³/mol. The van der Waals surface area contributed by atoms with Crippen LogP contribution in [0.1, 0.15) is 5.56 Å². The van der Waals surface area contributed by atoms with Crippen LogP contribution in [0.3, 0.4) is 0 Å². The van der Waals surface area contributed by atoms with Crippen LogP contribution < -0.4 is 4.74 Å². The SMILES string of the molecule is C#CCOc1ccc(Br)cc1C=C1C(=O)N(C)C(=S)N1C. The lowest BCUT2D eigenvalue weighted by Gasteiger charge is -2.12. The van der Waals surface area contributed by atoms with Crippen LogP contribution in [0, 0.1) is 12.3 Å². The average Bonchev–Trinajstić information content (AvgIpc) is 2.64. The minimum Gasteiger partial charge on any atom is -0.480 e. The molecule has 1 aromatic carbocycles. The van der Waals surface area contributed by atoms with Gasteiger partial charge in [0.25, 0.3) is 5.91 Å². The Morgan fingerprint density at radius 1 is 1.43 bits per heavy atom. The standard InChI is InChI=1S/C15H13BrN2O2S/c1-4-7-20-13-6-5-11(16)8-10(13)9-12-14(19)18(3)15(21)17(12)2/h1,5-6,8-9H,7H2,2-3H3. The lowest BCUT2D eigenvalue weighted by Crippen LogP contribution is -2.26. The molecule has 1 aromatic rings. The molecule has 1 fully saturated rings. The second-order valence-electron chi connectivity index (χ2n) is 4.41. The van der Waals surface area contributed by atoms with Gasteiger partial charge >= 0.3 is 0 Å². The molecule has 0 saturated carbocycles. The van der Waals surface area contributed by atoms with E-state index in [1.807, 2.05) is 12.1 Å². The maximum Gasteiger partial charge on any atom is 0.276 e. The summed E-state index contributed by atoms with van der Waals surface area (Å²) in [6.45, 7) is 0.167. The first-order valence-corrected chi connectivity index (χ1v) is 7.29. The first-order valence-electron chi connectivity index (χ1n) is 6.09. The largest absolute Gasteiger partial charge is 0.480 e. The van der Waals surface area contributed by atoms with Crippen LogP contribution in [0.25, 0.3) is 6.08 Å². The summed E-state index contributed by atoms with van der Waals surface area (Å²) in [5.41, 5.74) is 1.25. The van der Waals surface area contributed by atoms with Gasteiger partial charge < -0.3 is 9.64 Å². The molecule has 1 saturated heterocycles. The number of likely N-dealkylation sites (N-methyl/N-ethyl adjacent to an activating group) is 2. The van der Waals surface area contributed by atoms with Crippen molar-refractivity contribution in [2.75, 3.05) is 20.7 Å². The van der Waals surface area contributed by atoms with Crippen molar-refractivity contribution < 1.29 is 9.53 Å².